The van der Waals surface area contributed by atoms with Gasteiger partial charge in [-0.25, -0.2) is 8.42 Å². The van der Waals surface area contributed by atoms with Crippen LogP contribution in [0.25, 0.3) is 0 Å². The molecule has 0 aliphatic heterocycles. The minimum absolute atomic E-state index is 0.226. The maximum atomic E-state index is 11.6. The lowest BCUT2D eigenvalue weighted by atomic mass is 10.1. The van der Waals surface area contributed by atoms with Gasteiger partial charge in [0.15, 0.2) is 9.84 Å². The van der Waals surface area contributed by atoms with Crippen LogP contribution in [-0.2, 0) is 9.84 Å². The Morgan fingerprint density at radius 2 is 1.88 bits per heavy atom. The van der Waals surface area contributed by atoms with Crippen molar-refractivity contribution in [2.45, 2.75) is 57.2 Å². The van der Waals surface area contributed by atoms with Gasteiger partial charge in [-0.15, -0.1) is 0 Å². The zero-order chi connectivity index (χ0) is 12.2. The van der Waals surface area contributed by atoms with Gasteiger partial charge in [0, 0.05) is 6.04 Å². The van der Waals surface area contributed by atoms with E-state index in [0.29, 0.717) is 11.8 Å². The van der Waals surface area contributed by atoms with Crippen LogP contribution in [0.1, 0.15) is 46.0 Å². The van der Waals surface area contributed by atoms with Gasteiger partial charge in [-0.05, 0) is 52.5 Å². The van der Waals surface area contributed by atoms with Crippen molar-refractivity contribution in [3.63, 3.8) is 0 Å². The van der Waals surface area contributed by atoms with Crippen LogP contribution in [0.15, 0.2) is 0 Å². The van der Waals surface area contributed by atoms with E-state index < -0.39 is 9.84 Å². The molecule has 1 aliphatic rings. The number of sulfone groups is 1. The summed E-state index contributed by atoms with van der Waals surface area (Å²) in [6, 6.07) is 0.613. The predicted octanol–water partition coefficient (Wildman–Crippen LogP) is 1.98. The largest absolute Gasteiger partial charge is 0.317 e. The van der Waals surface area contributed by atoms with Crippen molar-refractivity contribution in [2.75, 3.05) is 12.8 Å². The van der Waals surface area contributed by atoms with E-state index in [-0.39, 0.29) is 5.25 Å². The Balaban J connectivity index is 2.15. The van der Waals surface area contributed by atoms with E-state index in [2.05, 4.69) is 5.32 Å². The average molecular weight is 247 g/mol. The molecule has 1 aliphatic carbocycles. The van der Waals surface area contributed by atoms with Crippen LogP contribution in [0.2, 0.25) is 0 Å². The van der Waals surface area contributed by atoms with E-state index >= 15 is 0 Å². The third kappa shape index (κ3) is 4.42. The molecule has 0 aromatic heterocycles. The second-order valence-electron chi connectivity index (χ2n) is 5.14. The first kappa shape index (κ1) is 14.0. The van der Waals surface area contributed by atoms with Gasteiger partial charge in [-0.3, -0.25) is 0 Å². The van der Waals surface area contributed by atoms with Gasteiger partial charge < -0.3 is 5.32 Å². The van der Waals surface area contributed by atoms with E-state index in [1.165, 1.54) is 12.8 Å². The summed E-state index contributed by atoms with van der Waals surface area (Å²) in [5.41, 5.74) is 0. The molecule has 1 atom stereocenters. The van der Waals surface area contributed by atoms with Crippen molar-refractivity contribution in [1.29, 1.82) is 0 Å². The van der Waals surface area contributed by atoms with Crippen molar-refractivity contribution in [3.05, 3.63) is 0 Å². The molecule has 0 aromatic carbocycles. The molecule has 1 fully saturated rings. The van der Waals surface area contributed by atoms with Gasteiger partial charge in [-0.1, -0.05) is 6.42 Å². The van der Waals surface area contributed by atoms with Gasteiger partial charge in [-0.2, -0.15) is 0 Å². The molecule has 0 bridgehead atoms. The number of hydrogen-bond donors (Lipinski definition) is 1. The summed E-state index contributed by atoms with van der Waals surface area (Å²) in [5, 5.41) is 3.11. The number of nitrogens with one attached hydrogen (secondary N) is 1. The van der Waals surface area contributed by atoms with E-state index in [0.717, 1.165) is 25.2 Å². The molecule has 0 amide bonds. The van der Waals surface area contributed by atoms with Gasteiger partial charge >= 0.3 is 0 Å². The Kier molecular flexibility index (Phi) is 5.25. The molecule has 0 saturated heterocycles. The molecule has 1 N–H and O–H groups in total. The highest BCUT2D eigenvalue weighted by molar-refractivity contribution is 7.91. The molecular weight excluding hydrogens is 222 g/mol. The normalized spacial score (nSPS) is 19.0. The Hall–Kier alpha value is -0.0900. The second kappa shape index (κ2) is 6.01. The van der Waals surface area contributed by atoms with Crippen molar-refractivity contribution in [1.82, 2.24) is 5.32 Å². The summed E-state index contributed by atoms with van der Waals surface area (Å²) in [4.78, 5) is 0. The average Bonchev–Trinajstić information content (AvgIpc) is 3.01. The molecule has 16 heavy (non-hydrogen) atoms. The summed E-state index contributed by atoms with van der Waals surface area (Å²) in [5.74, 6) is 1.21. The summed E-state index contributed by atoms with van der Waals surface area (Å²) < 4.78 is 23.2. The first-order chi connectivity index (χ1) is 7.47. The highest BCUT2D eigenvalue weighted by Gasteiger charge is 2.29. The molecule has 1 unspecified atom stereocenters. The van der Waals surface area contributed by atoms with Crippen LogP contribution in [-0.4, -0.2) is 32.5 Å². The molecule has 0 heterocycles. The van der Waals surface area contributed by atoms with Crippen LogP contribution in [0.3, 0.4) is 0 Å². The SMILES string of the molecule is CNC(CCCCS(=O)(=O)C(C)C)C1CC1. The lowest BCUT2D eigenvalue weighted by Gasteiger charge is -2.15. The van der Waals surface area contributed by atoms with Gasteiger partial charge in [0.05, 0.1) is 11.0 Å². The summed E-state index contributed by atoms with van der Waals surface area (Å²) in [6.45, 7) is 3.52. The van der Waals surface area contributed by atoms with Crippen molar-refractivity contribution in [3.8, 4) is 0 Å². The topological polar surface area (TPSA) is 46.2 Å². The van der Waals surface area contributed by atoms with Gasteiger partial charge in [0.1, 0.15) is 0 Å². The first-order valence-electron chi connectivity index (χ1n) is 6.36. The summed E-state index contributed by atoms with van der Waals surface area (Å²) in [7, 11) is -0.820. The number of unbranched alkanes of at least 4 members (excludes halogenated alkanes) is 1. The minimum atomic E-state index is -2.83. The zero-order valence-electron chi connectivity index (χ0n) is 10.7. The molecule has 0 aromatic rings. The maximum absolute atomic E-state index is 11.6. The Labute approximate surface area is 99.9 Å². The van der Waals surface area contributed by atoms with E-state index in [9.17, 15) is 8.42 Å². The lowest BCUT2D eigenvalue weighted by Crippen LogP contribution is -2.27. The van der Waals surface area contributed by atoms with E-state index in [1.807, 2.05) is 7.05 Å². The van der Waals surface area contributed by atoms with Crippen molar-refractivity contribution in [2.24, 2.45) is 5.92 Å². The molecule has 0 spiro atoms. The molecule has 1 rings (SSSR count). The van der Waals surface area contributed by atoms with E-state index in [1.54, 1.807) is 13.8 Å². The zero-order valence-corrected chi connectivity index (χ0v) is 11.5. The predicted molar refractivity (Wildman–Crippen MR) is 68.3 cm³/mol. The quantitative estimate of drug-likeness (QED) is 0.667. The van der Waals surface area contributed by atoms with Crippen molar-refractivity contribution >= 4 is 9.84 Å². The molecule has 1 saturated carbocycles. The molecule has 3 nitrogen and oxygen atoms in total. The standard InChI is InChI=1S/C12H25NO2S/c1-10(2)16(14,15)9-5-4-6-12(13-3)11-7-8-11/h10-13H,4-9H2,1-3H3. The fourth-order valence-electron chi connectivity index (χ4n) is 2.02. The molecule has 0 radical (unpaired) electrons. The smallest absolute Gasteiger partial charge is 0.152 e. The third-order valence-electron chi connectivity index (χ3n) is 3.47. The molecule has 4 heteroatoms. The minimum Gasteiger partial charge on any atom is -0.317 e. The van der Waals surface area contributed by atoms with Crippen LogP contribution >= 0.6 is 0 Å². The van der Waals surface area contributed by atoms with E-state index in [4.69, 9.17) is 0 Å². The highest BCUT2D eigenvalue weighted by atomic mass is 32.2. The Morgan fingerprint density at radius 3 is 2.31 bits per heavy atom. The van der Waals surface area contributed by atoms with Crippen molar-refractivity contribution < 1.29 is 8.42 Å². The molecule has 96 valence electrons. The fraction of sp³-hybridized carbons (Fsp3) is 1.00. The number of hydrogen-bond acceptors (Lipinski definition) is 3. The first-order valence-corrected chi connectivity index (χ1v) is 8.07. The van der Waals surface area contributed by atoms with Crippen LogP contribution in [0.5, 0.6) is 0 Å². The number of rotatable bonds is 8. The van der Waals surface area contributed by atoms with Crippen LogP contribution in [0, 0.1) is 5.92 Å². The fourth-order valence-corrected chi connectivity index (χ4v) is 3.10. The monoisotopic (exact) mass is 247 g/mol. The lowest BCUT2D eigenvalue weighted by molar-refractivity contribution is 0.453. The Morgan fingerprint density at radius 1 is 1.25 bits per heavy atom. The maximum Gasteiger partial charge on any atom is 0.152 e. The summed E-state index contributed by atoms with van der Waals surface area (Å²) >= 11 is 0. The third-order valence-corrected chi connectivity index (χ3v) is 5.77. The van der Waals surface area contributed by atoms with Crippen LogP contribution < -0.4 is 5.32 Å². The van der Waals surface area contributed by atoms with Crippen LogP contribution in [0.4, 0.5) is 0 Å². The second-order valence-corrected chi connectivity index (χ2v) is 7.82. The Bertz CT molecular complexity index is 294. The molecular formula is C12H25NO2S. The van der Waals surface area contributed by atoms with Gasteiger partial charge in [0.25, 0.3) is 0 Å². The summed E-state index contributed by atoms with van der Waals surface area (Å²) in [6.07, 6.45) is 5.64. The highest BCUT2D eigenvalue weighted by Crippen LogP contribution is 2.34. The van der Waals surface area contributed by atoms with Gasteiger partial charge in [0.2, 0.25) is 0 Å².